The number of aromatic nitrogens is 4. The van der Waals surface area contributed by atoms with E-state index in [1.54, 1.807) is 6.07 Å². The molecule has 0 aliphatic heterocycles. The van der Waals surface area contributed by atoms with Crippen molar-refractivity contribution in [2.24, 2.45) is 0 Å². The second-order valence-corrected chi connectivity index (χ2v) is 6.24. The Bertz CT molecular complexity index is 805. The first-order chi connectivity index (χ1) is 11.0. The predicted molar refractivity (Wildman–Crippen MR) is 93.5 cm³/mol. The topological polar surface area (TPSA) is 95.6 Å². The number of aryl methyl sites for hydroxylation is 2. The standard InChI is InChI=1S/C16H18N6S/c1-10-7-11(2)22(21-10)13-5-3-12(4-6-13)9-23-16-19-14(17)8-15(18)20-16/h3-8H,9H2,1-2H3,(H4,17,18,19,20). The van der Waals surface area contributed by atoms with Gasteiger partial charge in [-0.1, -0.05) is 23.9 Å². The summed E-state index contributed by atoms with van der Waals surface area (Å²) in [4.78, 5) is 8.33. The number of hydrogen-bond acceptors (Lipinski definition) is 6. The number of benzene rings is 1. The minimum absolute atomic E-state index is 0.389. The lowest BCUT2D eigenvalue weighted by Gasteiger charge is -2.06. The van der Waals surface area contributed by atoms with Crippen LogP contribution in [-0.2, 0) is 5.75 Å². The largest absolute Gasteiger partial charge is 0.383 e. The van der Waals surface area contributed by atoms with Gasteiger partial charge in [0.25, 0.3) is 0 Å². The SMILES string of the molecule is Cc1cc(C)n(-c2ccc(CSc3nc(N)cc(N)n3)cc2)n1. The van der Waals surface area contributed by atoms with Gasteiger partial charge in [-0.2, -0.15) is 5.10 Å². The van der Waals surface area contributed by atoms with E-state index in [0.717, 1.165) is 22.8 Å². The van der Waals surface area contributed by atoms with Crippen LogP contribution >= 0.6 is 11.8 Å². The average molecular weight is 326 g/mol. The molecule has 1 aromatic carbocycles. The Balaban J connectivity index is 1.71. The zero-order chi connectivity index (χ0) is 16.4. The van der Waals surface area contributed by atoms with E-state index in [1.807, 2.05) is 18.5 Å². The highest BCUT2D eigenvalue weighted by atomic mass is 32.2. The molecule has 7 heteroatoms. The van der Waals surface area contributed by atoms with E-state index in [1.165, 1.54) is 17.3 Å². The fraction of sp³-hybridized carbons (Fsp3) is 0.188. The van der Waals surface area contributed by atoms with Crippen LogP contribution < -0.4 is 11.5 Å². The Morgan fingerprint density at radius 3 is 2.22 bits per heavy atom. The number of rotatable bonds is 4. The van der Waals surface area contributed by atoms with Crippen molar-refractivity contribution >= 4 is 23.4 Å². The highest BCUT2D eigenvalue weighted by Crippen LogP contribution is 2.22. The molecule has 118 valence electrons. The molecule has 0 amide bonds. The smallest absolute Gasteiger partial charge is 0.191 e. The van der Waals surface area contributed by atoms with Crippen molar-refractivity contribution in [1.29, 1.82) is 0 Å². The molecule has 0 radical (unpaired) electrons. The van der Waals surface area contributed by atoms with Crippen molar-refractivity contribution in [3.63, 3.8) is 0 Å². The fourth-order valence-corrected chi connectivity index (χ4v) is 3.13. The van der Waals surface area contributed by atoms with Gasteiger partial charge < -0.3 is 11.5 Å². The third kappa shape index (κ3) is 3.62. The summed E-state index contributed by atoms with van der Waals surface area (Å²) in [6.45, 7) is 4.04. The van der Waals surface area contributed by atoms with Gasteiger partial charge in [0.1, 0.15) is 11.6 Å². The first kappa shape index (κ1) is 15.4. The third-order valence-corrected chi connectivity index (χ3v) is 4.22. The first-order valence-electron chi connectivity index (χ1n) is 7.17. The molecular weight excluding hydrogens is 308 g/mol. The van der Waals surface area contributed by atoms with Gasteiger partial charge in [0.15, 0.2) is 5.16 Å². The highest BCUT2D eigenvalue weighted by Gasteiger charge is 2.05. The monoisotopic (exact) mass is 326 g/mol. The molecule has 2 aromatic heterocycles. The summed E-state index contributed by atoms with van der Waals surface area (Å²) in [6, 6.07) is 11.9. The molecular formula is C16H18N6S. The molecule has 0 aliphatic carbocycles. The summed E-state index contributed by atoms with van der Waals surface area (Å²) in [5.74, 6) is 1.53. The molecule has 3 rings (SSSR count). The van der Waals surface area contributed by atoms with Gasteiger partial charge in [0.2, 0.25) is 0 Å². The minimum atomic E-state index is 0.389. The van der Waals surface area contributed by atoms with Crippen LogP contribution in [0.2, 0.25) is 0 Å². The zero-order valence-electron chi connectivity index (χ0n) is 13.0. The summed E-state index contributed by atoms with van der Waals surface area (Å²) in [7, 11) is 0. The number of thioether (sulfide) groups is 1. The molecule has 0 unspecified atom stereocenters. The number of hydrogen-bond donors (Lipinski definition) is 2. The lowest BCUT2D eigenvalue weighted by Crippen LogP contribution is -2.00. The van der Waals surface area contributed by atoms with Crippen molar-refractivity contribution < 1.29 is 0 Å². The zero-order valence-corrected chi connectivity index (χ0v) is 13.8. The van der Waals surface area contributed by atoms with Gasteiger partial charge in [-0.25, -0.2) is 14.6 Å². The molecule has 0 atom stereocenters. The third-order valence-electron chi connectivity index (χ3n) is 3.30. The number of nitrogen functional groups attached to an aromatic ring is 2. The van der Waals surface area contributed by atoms with Crippen LogP contribution in [0.1, 0.15) is 17.0 Å². The minimum Gasteiger partial charge on any atom is -0.383 e. The Kier molecular flexibility index (Phi) is 4.20. The van der Waals surface area contributed by atoms with Gasteiger partial charge in [-0.05, 0) is 37.6 Å². The molecule has 0 aliphatic rings. The molecule has 0 saturated carbocycles. The maximum atomic E-state index is 5.67. The number of nitrogens with zero attached hydrogens (tertiary/aromatic N) is 4. The predicted octanol–water partition coefficient (Wildman–Crippen LogP) is 2.74. The summed E-state index contributed by atoms with van der Waals surface area (Å²) in [5, 5.41) is 5.07. The van der Waals surface area contributed by atoms with Crippen LogP contribution in [-0.4, -0.2) is 19.7 Å². The second kappa shape index (κ2) is 6.29. The highest BCUT2D eigenvalue weighted by molar-refractivity contribution is 7.98. The summed E-state index contributed by atoms with van der Waals surface area (Å²) in [6.07, 6.45) is 0. The van der Waals surface area contributed by atoms with Crippen LogP contribution in [0.25, 0.3) is 5.69 Å². The van der Waals surface area contributed by atoms with E-state index in [0.29, 0.717) is 16.8 Å². The molecule has 0 saturated heterocycles. The van der Waals surface area contributed by atoms with Crippen LogP contribution in [0.5, 0.6) is 0 Å². The quantitative estimate of drug-likeness (QED) is 0.565. The maximum absolute atomic E-state index is 5.67. The number of nitrogens with two attached hydrogens (primary N) is 2. The van der Waals surface area contributed by atoms with Gasteiger partial charge in [0, 0.05) is 17.5 Å². The molecule has 3 aromatic rings. The van der Waals surface area contributed by atoms with Crippen LogP contribution in [0, 0.1) is 13.8 Å². The van der Waals surface area contributed by atoms with Crippen LogP contribution in [0.15, 0.2) is 41.6 Å². The van der Waals surface area contributed by atoms with E-state index in [9.17, 15) is 0 Å². The van der Waals surface area contributed by atoms with Gasteiger partial charge >= 0.3 is 0 Å². The Hall–Kier alpha value is -2.54. The van der Waals surface area contributed by atoms with Gasteiger partial charge in [0.05, 0.1) is 11.4 Å². The van der Waals surface area contributed by atoms with Crippen molar-refractivity contribution in [3.05, 3.63) is 53.3 Å². The van der Waals surface area contributed by atoms with Gasteiger partial charge in [-0.3, -0.25) is 0 Å². The molecule has 0 fully saturated rings. The molecule has 23 heavy (non-hydrogen) atoms. The molecule has 4 N–H and O–H groups in total. The molecule has 2 heterocycles. The first-order valence-corrected chi connectivity index (χ1v) is 8.15. The summed E-state index contributed by atoms with van der Waals surface area (Å²) >= 11 is 1.51. The van der Waals surface area contributed by atoms with Crippen molar-refractivity contribution in [2.75, 3.05) is 11.5 Å². The molecule has 0 spiro atoms. The van der Waals surface area contributed by atoms with Crippen molar-refractivity contribution in [2.45, 2.75) is 24.8 Å². The van der Waals surface area contributed by atoms with E-state index < -0.39 is 0 Å². The number of anilines is 2. The van der Waals surface area contributed by atoms with Gasteiger partial charge in [-0.15, -0.1) is 0 Å². The lowest BCUT2D eigenvalue weighted by atomic mass is 10.2. The van der Waals surface area contributed by atoms with Crippen molar-refractivity contribution in [3.8, 4) is 5.69 Å². The van der Waals surface area contributed by atoms with E-state index in [-0.39, 0.29) is 0 Å². The Morgan fingerprint density at radius 2 is 1.65 bits per heavy atom. The lowest BCUT2D eigenvalue weighted by molar-refractivity contribution is 0.833. The Labute approximate surface area is 138 Å². The normalized spacial score (nSPS) is 10.9. The summed E-state index contributed by atoms with van der Waals surface area (Å²) in [5.41, 5.74) is 15.7. The fourth-order valence-electron chi connectivity index (χ4n) is 2.30. The van der Waals surface area contributed by atoms with Crippen LogP contribution in [0.3, 0.4) is 0 Å². The maximum Gasteiger partial charge on any atom is 0.191 e. The second-order valence-electron chi connectivity index (χ2n) is 5.29. The molecule has 0 bridgehead atoms. The van der Waals surface area contributed by atoms with E-state index in [4.69, 9.17) is 11.5 Å². The van der Waals surface area contributed by atoms with Crippen molar-refractivity contribution in [1.82, 2.24) is 19.7 Å². The van der Waals surface area contributed by atoms with Crippen LogP contribution in [0.4, 0.5) is 11.6 Å². The Morgan fingerprint density at radius 1 is 1.00 bits per heavy atom. The summed E-state index contributed by atoms with van der Waals surface area (Å²) < 4.78 is 1.94. The average Bonchev–Trinajstić information content (AvgIpc) is 2.83. The van der Waals surface area contributed by atoms with E-state index in [2.05, 4.69) is 45.4 Å². The van der Waals surface area contributed by atoms with E-state index >= 15 is 0 Å². The molecule has 6 nitrogen and oxygen atoms in total.